The van der Waals surface area contributed by atoms with Crippen LogP contribution < -0.4 is 0 Å². The Labute approximate surface area is 202 Å². The first-order chi connectivity index (χ1) is 15.4. The Morgan fingerprint density at radius 1 is 0.781 bits per heavy atom. The summed E-state index contributed by atoms with van der Waals surface area (Å²) in [7, 11) is 1.92. The van der Waals surface area contributed by atoms with Crippen LogP contribution in [0.5, 0.6) is 0 Å². The SMILES string of the molecule is C=CC(=O)N(C)C[N+](CC)(CCCCCCCCCCCCCCCCCC)CC(C)C. The van der Waals surface area contributed by atoms with E-state index in [1.165, 1.54) is 115 Å². The number of quaternary nitrogens is 1. The molecule has 190 valence electrons. The fraction of sp³-hybridized carbons (Fsp3) is 0.897. The molecule has 32 heavy (non-hydrogen) atoms. The van der Waals surface area contributed by atoms with Crippen LogP contribution in [0.3, 0.4) is 0 Å². The van der Waals surface area contributed by atoms with Gasteiger partial charge in [-0.1, -0.05) is 117 Å². The van der Waals surface area contributed by atoms with Crippen molar-refractivity contribution in [3.63, 3.8) is 0 Å². The molecule has 0 spiro atoms. The maximum absolute atomic E-state index is 12.0. The molecule has 0 rings (SSSR count). The summed E-state index contributed by atoms with van der Waals surface area (Å²) in [6, 6.07) is 0. The van der Waals surface area contributed by atoms with Crippen molar-refractivity contribution in [3.05, 3.63) is 12.7 Å². The van der Waals surface area contributed by atoms with Crippen LogP contribution in [0.4, 0.5) is 0 Å². The minimum absolute atomic E-state index is 0.0386. The Morgan fingerprint density at radius 3 is 1.53 bits per heavy atom. The lowest BCUT2D eigenvalue weighted by molar-refractivity contribution is -0.937. The number of nitrogens with zero attached hydrogens (tertiary/aromatic N) is 2. The van der Waals surface area contributed by atoms with Gasteiger partial charge in [-0.3, -0.25) is 9.69 Å². The lowest BCUT2D eigenvalue weighted by atomic mass is 10.0. The first kappa shape index (κ1) is 31.2. The quantitative estimate of drug-likeness (QED) is 0.0661. The van der Waals surface area contributed by atoms with Gasteiger partial charge in [-0.25, -0.2) is 0 Å². The average molecular weight is 452 g/mol. The van der Waals surface area contributed by atoms with Gasteiger partial charge in [0.1, 0.15) is 0 Å². The summed E-state index contributed by atoms with van der Waals surface area (Å²) in [5.41, 5.74) is 0. The van der Waals surface area contributed by atoms with Crippen molar-refractivity contribution in [3.8, 4) is 0 Å². The molecule has 0 saturated carbocycles. The normalized spacial score (nSPS) is 13.3. The number of carbonyl (C=O) groups is 1. The highest BCUT2D eigenvalue weighted by molar-refractivity contribution is 5.86. The highest BCUT2D eigenvalue weighted by atomic mass is 16.2. The molecule has 1 atom stereocenters. The maximum atomic E-state index is 12.0. The van der Waals surface area contributed by atoms with E-state index in [0.717, 1.165) is 24.2 Å². The van der Waals surface area contributed by atoms with Gasteiger partial charge in [-0.05, 0) is 25.8 Å². The van der Waals surface area contributed by atoms with Crippen LogP contribution in [-0.2, 0) is 4.79 Å². The van der Waals surface area contributed by atoms with Gasteiger partial charge < -0.3 is 4.48 Å². The molecule has 0 aromatic rings. The lowest BCUT2D eigenvalue weighted by Crippen LogP contribution is -2.56. The monoisotopic (exact) mass is 451 g/mol. The van der Waals surface area contributed by atoms with Crippen molar-refractivity contribution < 1.29 is 9.28 Å². The Morgan fingerprint density at radius 2 is 1.19 bits per heavy atom. The molecular formula is C29H59N2O+. The second kappa shape index (κ2) is 20.8. The summed E-state index contributed by atoms with van der Waals surface area (Å²) in [5.74, 6) is 0.680. The number of hydrogen-bond acceptors (Lipinski definition) is 1. The minimum Gasteiger partial charge on any atom is -0.306 e. The van der Waals surface area contributed by atoms with E-state index in [4.69, 9.17) is 0 Å². The summed E-state index contributed by atoms with van der Waals surface area (Å²) >= 11 is 0. The van der Waals surface area contributed by atoms with Crippen LogP contribution in [0, 0.1) is 5.92 Å². The summed E-state index contributed by atoms with van der Waals surface area (Å²) in [4.78, 5) is 13.9. The third-order valence-electron chi connectivity index (χ3n) is 6.97. The van der Waals surface area contributed by atoms with Crippen LogP contribution >= 0.6 is 0 Å². The second-order valence-corrected chi connectivity index (χ2v) is 10.6. The van der Waals surface area contributed by atoms with Gasteiger partial charge in [0.2, 0.25) is 5.91 Å². The zero-order valence-electron chi connectivity index (χ0n) is 22.8. The highest BCUT2D eigenvalue weighted by Crippen LogP contribution is 2.17. The smallest absolute Gasteiger partial charge is 0.249 e. The average Bonchev–Trinajstić information content (AvgIpc) is 2.77. The summed E-state index contributed by atoms with van der Waals surface area (Å²) in [6.45, 7) is 17.0. The Hall–Kier alpha value is -0.830. The third kappa shape index (κ3) is 16.8. The van der Waals surface area contributed by atoms with E-state index >= 15 is 0 Å². The zero-order valence-corrected chi connectivity index (χ0v) is 22.8. The van der Waals surface area contributed by atoms with Crippen molar-refractivity contribution in [2.45, 2.75) is 130 Å². The molecule has 0 aromatic carbocycles. The molecule has 0 radical (unpaired) electrons. The van der Waals surface area contributed by atoms with E-state index in [-0.39, 0.29) is 5.91 Å². The first-order valence-corrected chi connectivity index (χ1v) is 14.1. The predicted octanol–water partition coefficient (Wildman–Crippen LogP) is 8.34. The highest BCUT2D eigenvalue weighted by Gasteiger charge is 2.28. The van der Waals surface area contributed by atoms with Gasteiger partial charge in [-0.2, -0.15) is 0 Å². The largest absolute Gasteiger partial charge is 0.306 e. The van der Waals surface area contributed by atoms with Gasteiger partial charge in [0.15, 0.2) is 6.67 Å². The second-order valence-electron chi connectivity index (χ2n) is 10.6. The summed E-state index contributed by atoms with van der Waals surface area (Å²) in [5, 5.41) is 0. The molecule has 0 bridgehead atoms. The first-order valence-electron chi connectivity index (χ1n) is 14.1. The van der Waals surface area contributed by atoms with Crippen molar-refractivity contribution in [2.75, 3.05) is 33.4 Å². The van der Waals surface area contributed by atoms with E-state index in [0.29, 0.717) is 5.92 Å². The van der Waals surface area contributed by atoms with E-state index in [1.807, 2.05) is 11.9 Å². The Kier molecular flexibility index (Phi) is 20.2. The van der Waals surface area contributed by atoms with E-state index in [9.17, 15) is 4.79 Å². The van der Waals surface area contributed by atoms with Gasteiger partial charge in [-0.15, -0.1) is 0 Å². The van der Waals surface area contributed by atoms with Crippen LogP contribution in [0.2, 0.25) is 0 Å². The number of rotatable bonds is 23. The molecule has 0 saturated heterocycles. The standard InChI is InChI=1S/C29H59N2O/c1-7-10-11-12-13-14-15-16-17-18-19-20-21-22-23-24-25-31(9-3,26-28(4)5)27-30(6)29(32)8-2/h8,28H,2,7,9-27H2,1,3-6H3/q+1. The van der Waals surface area contributed by atoms with Gasteiger partial charge in [0.25, 0.3) is 0 Å². The molecule has 3 nitrogen and oxygen atoms in total. The van der Waals surface area contributed by atoms with Crippen LogP contribution in [-0.4, -0.2) is 48.6 Å². The number of hydrogen-bond donors (Lipinski definition) is 0. The van der Waals surface area contributed by atoms with Crippen molar-refractivity contribution >= 4 is 5.91 Å². The molecule has 0 heterocycles. The van der Waals surface area contributed by atoms with E-state index < -0.39 is 0 Å². The molecule has 1 amide bonds. The zero-order chi connectivity index (χ0) is 24.1. The number of likely N-dealkylation sites (N-methyl/N-ethyl adjacent to an activating group) is 1. The molecule has 0 aromatic heterocycles. The fourth-order valence-corrected chi connectivity index (χ4v) is 5.05. The fourth-order valence-electron chi connectivity index (χ4n) is 5.05. The topological polar surface area (TPSA) is 20.3 Å². The summed E-state index contributed by atoms with van der Waals surface area (Å²) in [6.07, 6.45) is 24.0. The van der Waals surface area contributed by atoms with E-state index in [2.05, 4.69) is 34.3 Å². The van der Waals surface area contributed by atoms with Crippen LogP contribution in [0.25, 0.3) is 0 Å². The van der Waals surface area contributed by atoms with Crippen molar-refractivity contribution in [1.29, 1.82) is 0 Å². The van der Waals surface area contributed by atoms with E-state index in [1.54, 1.807) is 0 Å². The lowest BCUT2D eigenvalue weighted by Gasteiger charge is -2.41. The molecule has 0 aliphatic heterocycles. The molecule has 0 aliphatic rings. The molecule has 1 unspecified atom stereocenters. The molecule has 3 heteroatoms. The Bertz CT molecular complexity index is 448. The number of carbonyl (C=O) groups excluding carboxylic acids is 1. The van der Waals surface area contributed by atoms with Crippen molar-refractivity contribution in [2.24, 2.45) is 5.92 Å². The molecule has 0 fully saturated rings. The summed E-state index contributed by atoms with van der Waals surface area (Å²) < 4.78 is 1.02. The van der Waals surface area contributed by atoms with Gasteiger partial charge >= 0.3 is 0 Å². The van der Waals surface area contributed by atoms with Crippen LogP contribution in [0.15, 0.2) is 12.7 Å². The van der Waals surface area contributed by atoms with Gasteiger partial charge in [0.05, 0.1) is 19.6 Å². The van der Waals surface area contributed by atoms with Crippen molar-refractivity contribution in [1.82, 2.24) is 4.90 Å². The minimum atomic E-state index is 0.0386. The molecule has 0 aliphatic carbocycles. The van der Waals surface area contributed by atoms with Crippen LogP contribution in [0.1, 0.15) is 130 Å². The van der Waals surface area contributed by atoms with Gasteiger partial charge in [0, 0.05) is 13.0 Å². The molecule has 0 N–H and O–H groups in total. The maximum Gasteiger partial charge on any atom is 0.249 e. The third-order valence-corrected chi connectivity index (χ3v) is 6.97. The molecular weight excluding hydrogens is 392 g/mol. The number of amides is 1. The predicted molar refractivity (Wildman–Crippen MR) is 143 cm³/mol. The number of unbranched alkanes of at least 4 members (excludes halogenated alkanes) is 15. The Balaban J connectivity index is 3.85.